The molecule has 0 aromatic carbocycles. The Labute approximate surface area is 106 Å². The molecule has 1 heterocycles. The monoisotopic (exact) mass is 247 g/mol. The van der Waals surface area contributed by atoms with Crippen LogP contribution in [0.1, 0.15) is 5.69 Å². The van der Waals surface area contributed by atoms with Crippen molar-refractivity contribution < 1.29 is 0 Å². The summed E-state index contributed by atoms with van der Waals surface area (Å²) in [6.07, 6.45) is 4.43. The first-order valence-electron chi connectivity index (χ1n) is 5.64. The van der Waals surface area contributed by atoms with Crippen LogP contribution in [0, 0.1) is 11.5 Å². The Bertz CT molecular complexity index is 409. The van der Waals surface area contributed by atoms with E-state index in [1.54, 1.807) is 13.2 Å². The first-order chi connectivity index (χ1) is 8.77. The summed E-state index contributed by atoms with van der Waals surface area (Å²) in [5.74, 6) is 0.230. The van der Waals surface area contributed by atoms with E-state index in [2.05, 4.69) is 20.5 Å². The SMILES string of the molecule is CN=C(N)N(C#N)CCNCCc1cccnn1. The normalized spacial score (nSPS) is 11.0. The fourth-order valence-corrected chi connectivity index (χ4v) is 1.34. The summed E-state index contributed by atoms with van der Waals surface area (Å²) in [7, 11) is 1.56. The van der Waals surface area contributed by atoms with E-state index >= 15 is 0 Å². The summed E-state index contributed by atoms with van der Waals surface area (Å²) < 4.78 is 0. The van der Waals surface area contributed by atoms with Gasteiger partial charge in [0.25, 0.3) is 0 Å². The molecule has 0 aliphatic heterocycles. The second-order valence-electron chi connectivity index (χ2n) is 3.55. The zero-order valence-corrected chi connectivity index (χ0v) is 10.4. The maximum absolute atomic E-state index is 8.83. The Morgan fingerprint density at radius 2 is 2.44 bits per heavy atom. The predicted octanol–water partition coefficient (Wildman–Crippen LogP) is -0.664. The van der Waals surface area contributed by atoms with Gasteiger partial charge in [0.05, 0.1) is 5.69 Å². The fraction of sp³-hybridized carbons (Fsp3) is 0.455. The van der Waals surface area contributed by atoms with Crippen LogP contribution in [0.3, 0.4) is 0 Å². The smallest absolute Gasteiger partial charge is 0.204 e. The van der Waals surface area contributed by atoms with E-state index in [1.807, 2.05) is 18.3 Å². The van der Waals surface area contributed by atoms with Gasteiger partial charge in [-0.25, -0.2) is 4.90 Å². The molecular weight excluding hydrogens is 230 g/mol. The summed E-state index contributed by atoms with van der Waals surface area (Å²) in [6.45, 7) is 1.94. The summed E-state index contributed by atoms with van der Waals surface area (Å²) in [6, 6.07) is 3.79. The molecule has 0 atom stereocenters. The average Bonchev–Trinajstić information content (AvgIpc) is 2.43. The molecule has 0 amide bonds. The van der Waals surface area contributed by atoms with Crippen molar-refractivity contribution >= 4 is 5.96 Å². The highest BCUT2D eigenvalue weighted by Crippen LogP contribution is 1.90. The molecular formula is C11H17N7. The van der Waals surface area contributed by atoms with Gasteiger partial charge in [-0.15, -0.1) is 0 Å². The van der Waals surface area contributed by atoms with Crippen LogP contribution >= 0.6 is 0 Å². The zero-order chi connectivity index (χ0) is 13.2. The second-order valence-corrected chi connectivity index (χ2v) is 3.55. The van der Waals surface area contributed by atoms with Gasteiger partial charge < -0.3 is 11.1 Å². The maximum Gasteiger partial charge on any atom is 0.204 e. The van der Waals surface area contributed by atoms with Gasteiger partial charge in [-0.3, -0.25) is 4.99 Å². The van der Waals surface area contributed by atoms with Gasteiger partial charge in [-0.1, -0.05) is 0 Å². The van der Waals surface area contributed by atoms with Gasteiger partial charge >= 0.3 is 0 Å². The molecule has 0 radical (unpaired) electrons. The third-order valence-corrected chi connectivity index (χ3v) is 2.32. The van der Waals surface area contributed by atoms with E-state index in [4.69, 9.17) is 11.0 Å². The van der Waals surface area contributed by atoms with Crippen LogP contribution in [0.5, 0.6) is 0 Å². The van der Waals surface area contributed by atoms with E-state index in [0.29, 0.717) is 13.1 Å². The highest BCUT2D eigenvalue weighted by atomic mass is 15.2. The lowest BCUT2D eigenvalue weighted by atomic mass is 10.3. The molecule has 0 saturated carbocycles. The van der Waals surface area contributed by atoms with Gasteiger partial charge in [0.2, 0.25) is 5.96 Å². The fourth-order valence-electron chi connectivity index (χ4n) is 1.34. The van der Waals surface area contributed by atoms with E-state index in [-0.39, 0.29) is 5.96 Å². The third kappa shape index (κ3) is 4.76. The molecule has 0 fully saturated rings. The molecule has 0 spiro atoms. The van der Waals surface area contributed by atoms with Crippen molar-refractivity contribution in [3.8, 4) is 6.19 Å². The Kier molecular flexibility index (Phi) is 6.14. The summed E-state index contributed by atoms with van der Waals surface area (Å²) >= 11 is 0. The summed E-state index contributed by atoms with van der Waals surface area (Å²) in [5.41, 5.74) is 6.48. The number of aliphatic imine (C=N–C) groups is 1. The van der Waals surface area contributed by atoms with Crippen LogP contribution in [-0.2, 0) is 6.42 Å². The quantitative estimate of drug-likeness (QED) is 0.227. The molecule has 0 saturated heterocycles. The molecule has 96 valence electrons. The number of nitriles is 1. The van der Waals surface area contributed by atoms with Crippen molar-refractivity contribution in [2.75, 3.05) is 26.7 Å². The number of rotatable bonds is 6. The van der Waals surface area contributed by atoms with Gasteiger partial charge in [0.1, 0.15) is 0 Å². The van der Waals surface area contributed by atoms with Crippen LogP contribution in [0.4, 0.5) is 0 Å². The molecule has 7 nitrogen and oxygen atoms in total. The lowest BCUT2D eigenvalue weighted by Gasteiger charge is -2.13. The number of nitrogens with one attached hydrogen (secondary N) is 1. The molecule has 7 heteroatoms. The van der Waals surface area contributed by atoms with E-state index in [0.717, 1.165) is 18.7 Å². The van der Waals surface area contributed by atoms with Crippen molar-refractivity contribution in [1.29, 1.82) is 5.26 Å². The number of nitrogens with two attached hydrogens (primary N) is 1. The minimum atomic E-state index is 0.230. The predicted molar refractivity (Wildman–Crippen MR) is 68.5 cm³/mol. The minimum absolute atomic E-state index is 0.230. The average molecular weight is 247 g/mol. The Morgan fingerprint density at radius 3 is 3.06 bits per heavy atom. The molecule has 1 aromatic rings. The Balaban J connectivity index is 2.17. The number of aromatic nitrogens is 2. The van der Waals surface area contributed by atoms with Crippen molar-refractivity contribution in [1.82, 2.24) is 20.4 Å². The molecule has 0 aliphatic carbocycles. The molecule has 18 heavy (non-hydrogen) atoms. The Hall–Kier alpha value is -2.20. The van der Waals surface area contributed by atoms with E-state index < -0.39 is 0 Å². The third-order valence-electron chi connectivity index (χ3n) is 2.32. The molecule has 0 unspecified atom stereocenters. The van der Waals surface area contributed by atoms with Crippen molar-refractivity contribution in [2.45, 2.75) is 6.42 Å². The van der Waals surface area contributed by atoms with Gasteiger partial charge in [0, 0.05) is 39.3 Å². The van der Waals surface area contributed by atoms with Crippen molar-refractivity contribution in [3.05, 3.63) is 24.0 Å². The number of nitrogens with zero attached hydrogens (tertiary/aromatic N) is 5. The highest BCUT2D eigenvalue weighted by molar-refractivity contribution is 5.79. The van der Waals surface area contributed by atoms with Gasteiger partial charge in [0.15, 0.2) is 6.19 Å². The largest absolute Gasteiger partial charge is 0.369 e. The summed E-state index contributed by atoms with van der Waals surface area (Å²) in [4.78, 5) is 5.10. The van der Waals surface area contributed by atoms with Crippen molar-refractivity contribution in [3.63, 3.8) is 0 Å². The molecule has 0 bridgehead atoms. The van der Waals surface area contributed by atoms with Crippen LogP contribution in [0.15, 0.2) is 23.3 Å². The van der Waals surface area contributed by atoms with Crippen molar-refractivity contribution in [2.24, 2.45) is 10.7 Å². The number of hydrogen-bond acceptors (Lipinski definition) is 5. The second kappa shape index (κ2) is 7.97. The minimum Gasteiger partial charge on any atom is -0.369 e. The zero-order valence-electron chi connectivity index (χ0n) is 10.4. The Morgan fingerprint density at radius 1 is 1.61 bits per heavy atom. The van der Waals surface area contributed by atoms with Gasteiger partial charge in [-0.2, -0.15) is 15.5 Å². The van der Waals surface area contributed by atoms with Crippen LogP contribution in [0.2, 0.25) is 0 Å². The lowest BCUT2D eigenvalue weighted by molar-refractivity contribution is 0.528. The maximum atomic E-state index is 8.83. The van der Waals surface area contributed by atoms with Gasteiger partial charge in [-0.05, 0) is 12.1 Å². The highest BCUT2D eigenvalue weighted by Gasteiger charge is 2.04. The van der Waals surface area contributed by atoms with Crippen LogP contribution in [0.25, 0.3) is 0 Å². The molecule has 3 N–H and O–H groups in total. The van der Waals surface area contributed by atoms with E-state index in [9.17, 15) is 0 Å². The molecule has 1 rings (SSSR count). The van der Waals surface area contributed by atoms with Crippen LogP contribution in [-0.4, -0.2) is 47.7 Å². The van der Waals surface area contributed by atoms with E-state index in [1.165, 1.54) is 4.90 Å². The van der Waals surface area contributed by atoms with Crippen LogP contribution < -0.4 is 11.1 Å². The number of guanidine groups is 1. The first kappa shape index (κ1) is 13.9. The topological polar surface area (TPSA) is 103 Å². The summed E-state index contributed by atoms with van der Waals surface area (Å²) in [5, 5.41) is 19.8. The molecule has 1 aromatic heterocycles. The first-order valence-corrected chi connectivity index (χ1v) is 5.64. The number of hydrogen-bond donors (Lipinski definition) is 2. The lowest BCUT2D eigenvalue weighted by Crippen LogP contribution is -2.38. The standard InChI is InChI=1S/C11H17N7/c1-14-11(13)18(9-12)8-7-15-6-4-10-3-2-5-16-17-10/h2-3,5,15H,4,6-8H2,1H3,(H2,13,14). The molecule has 0 aliphatic rings.